The summed E-state index contributed by atoms with van der Waals surface area (Å²) in [4.78, 5) is 17.5. The quantitative estimate of drug-likeness (QED) is 0.417. The third-order valence-corrected chi connectivity index (χ3v) is 6.65. The van der Waals surface area contributed by atoms with Gasteiger partial charge in [-0.3, -0.25) is 9.69 Å². The zero-order chi connectivity index (χ0) is 24.9. The summed E-state index contributed by atoms with van der Waals surface area (Å²) in [6.07, 6.45) is 0. The smallest absolute Gasteiger partial charge is 0.251 e. The van der Waals surface area contributed by atoms with Gasteiger partial charge in [-0.05, 0) is 67.4 Å². The molecule has 1 aliphatic heterocycles. The van der Waals surface area contributed by atoms with Crippen LogP contribution >= 0.6 is 0 Å². The molecular formula is C29H31N5O2. The Labute approximate surface area is 211 Å². The van der Waals surface area contributed by atoms with Crippen molar-refractivity contribution in [2.24, 2.45) is 0 Å². The van der Waals surface area contributed by atoms with E-state index in [1.54, 1.807) is 12.1 Å². The van der Waals surface area contributed by atoms with Crippen LogP contribution < -0.4 is 10.2 Å². The zero-order valence-corrected chi connectivity index (χ0v) is 20.8. The maximum atomic E-state index is 12.6. The summed E-state index contributed by atoms with van der Waals surface area (Å²) in [5, 5.41) is 11.4. The molecule has 2 heterocycles. The van der Waals surface area contributed by atoms with Gasteiger partial charge in [0.1, 0.15) is 0 Å². The second kappa shape index (κ2) is 10.7. The molecule has 0 spiro atoms. The first kappa shape index (κ1) is 23.8. The minimum atomic E-state index is -0.0777. The second-order valence-corrected chi connectivity index (χ2v) is 9.23. The Morgan fingerprint density at radius 3 is 2.39 bits per heavy atom. The topological polar surface area (TPSA) is 74.5 Å². The van der Waals surface area contributed by atoms with Gasteiger partial charge in [-0.1, -0.05) is 30.3 Å². The number of amides is 1. The highest BCUT2D eigenvalue weighted by molar-refractivity contribution is 5.94. The number of hydrogen-bond acceptors (Lipinski definition) is 6. The van der Waals surface area contributed by atoms with Crippen molar-refractivity contribution in [3.63, 3.8) is 0 Å². The van der Waals surface area contributed by atoms with Crippen LogP contribution in [0.15, 0.2) is 77.2 Å². The van der Waals surface area contributed by atoms with Crippen LogP contribution in [-0.2, 0) is 0 Å². The molecular weight excluding hydrogens is 450 g/mol. The van der Waals surface area contributed by atoms with Gasteiger partial charge >= 0.3 is 0 Å². The molecule has 0 unspecified atom stereocenters. The van der Waals surface area contributed by atoms with Crippen LogP contribution in [0.25, 0.3) is 22.9 Å². The molecule has 1 saturated heterocycles. The third-order valence-electron chi connectivity index (χ3n) is 6.65. The summed E-state index contributed by atoms with van der Waals surface area (Å²) in [5.74, 6) is 0.848. The fourth-order valence-electron chi connectivity index (χ4n) is 4.51. The lowest BCUT2D eigenvalue weighted by molar-refractivity contribution is 0.0948. The minimum absolute atomic E-state index is 0.0777. The van der Waals surface area contributed by atoms with E-state index in [1.807, 2.05) is 43.3 Å². The predicted octanol–water partition coefficient (Wildman–Crippen LogP) is 4.57. The van der Waals surface area contributed by atoms with E-state index in [9.17, 15) is 4.79 Å². The van der Waals surface area contributed by atoms with E-state index >= 15 is 0 Å². The number of piperazine rings is 1. The van der Waals surface area contributed by atoms with Crippen LogP contribution in [0.4, 0.5) is 5.69 Å². The van der Waals surface area contributed by atoms with Gasteiger partial charge in [0, 0.05) is 61.6 Å². The summed E-state index contributed by atoms with van der Waals surface area (Å²) < 4.78 is 5.88. The first-order valence-electron chi connectivity index (χ1n) is 12.4. The van der Waals surface area contributed by atoms with Gasteiger partial charge in [0.15, 0.2) is 0 Å². The van der Waals surface area contributed by atoms with Crippen LogP contribution in [0.3, 0.4) is 0 Å². The van der Waals surface area contributed by atoms with Gasteiger partial charge in [-0.2, -0.15) is 0 Å². The molecule has 184 valence electrons. The Balaban J connectivity index is 1.10. The molecule has 0 atom stereocenters. The lowest BCUT2D eigenvalue weighted by Gasteiger charge is -2.36. The molecule has 0 radical (unpaired) electrons. The van der Waals surface area contributed by atoms with Gasteiger partial charge in [-0.15, -0.1) is 10.2 Å². The lowest BCUT2D eigenvalue weighted by atomic mass is 10.1. The molecule has 1 aliphatic rings. The number of carbonyl (C=O) groups excluding carboxylic acids is 1. The Morgan fingerprint density at radius 2 is 1.64 bits per heavy atom. The fourth-order valence-corrected chi connectivity index (χ4v) is 4.51. The van der Waals surface area contributed by atoms with Gasteiger partial charge in [0.25, 0.3) is 5.91 Å². The van der Waals surface area contributed by atoms with Crippen molar-refractivity contribution < 1.29 is 9.21 Å². The van der Waals surface area contributed by atoms with Gasteiger partial charge in [0.2, 0.25) is 11.8 Å². The van der Waals surface area contributed by atoms with E-state index in [2.05, 4.69) is 56.5 Å². The SMILES string of the molecule is Cc1cccc(N2CCN(CCNC(=O)c3ccc(-c4nnc(-c5ccccc5C)o4)cc3)CC2)c1. The average Bonchev–Trinajstić information content (AvgIpc) is 3.39. The molecule has 1 fully saturated rings. The average molecular weight is 482 g/mol. The molecule has 36 heavy (non-hydrogen) atoms. The van der Waals surface area contributed by atoms with Gasteiger partial charge in [-0.25, -0.2) is 0 Å². The molecule has 4 aromatic rings. The number of rotatable bonds is 7. The first-order valence-corrected chi connectivity index (χ1v) is 12.4. The third kappa shape index (κ3) is 5.47. The van der Waals surface area contributed by atoms with Crippen molar-refractivity contribution in [3.8, 4) is 22.9 Å². The summed E-state index contributed by atoms with van der Waals surface area (Å²) in [7, 11) is 0. The number of anilines is 1. The van der Waals surface area contributed by atoms with Crippen molar-refractivity contribution in [2.75, 3.05) is 44.2 Å². The highest BCUT2D eigenvalue weighted by Gasteiger charge is 2.17. The second-order valence-electron chi connectivity index (χ2n) is 9.23. The summed E-state index contributed by atoms with van der Waals surface area (Å²) in [6, 6.07) is 23.8. The summed E-state index contributed by atoms with van der Waals surface area (Å²) in [6.45, 7) is 9.59. The molecule has 1 amide bonds. The summed E-state index contributed by atoms with van der Waals surface area (Å²) >= 11 is 0. The molecule has 0 aliphatic carbocycles. The number of aromatic nitrogens is 2. The summed E-state index contributed by atoms with van der Waals surface area (Å²) in [5.41, 5.74) is 5.97. The van der Waals surface area contributed by atoms with Crippen LogP contribution in [0.5, 0.6) is 0 Å². The molecule has 7 nitrogen and oxygen atoms in total. The van der Waals surface area contributed by atoms with Crippen molar-refractivity contribution in [3.05, 3.63) is 89.5 Å². The van der Waals surface area contributed by atoms with Gasteiger partial charge < -0.3 is 14.6 Å². The fraction of sp³-hybridized carbons (Fsp3) is 0.276. The van der Waals surface area contributed by atoms with E-state index in [1.165, 1.54) is 11.3 Å². The normalized spacial score (nSPS) is 14.1. The largest absolute Gasteiger partial charge is 0.416 e. The molecule has 5 rings (SSSR count). The first-order chi connectivity index (χ1) is 17.6. The van der Waals surface area contributed by atoms with Crippen molar-refractivity contribution in [1.29, 1.82) is 0 Å². The zero-order valence-electron chi connectivity index (χ0n) is 20.8. The van der Waals surface area contributed by atoms with E-state index in [0.717, 1.165) is 49.4 Å². The molecule has 0 bridgehead atoms. The number of nitrogens with one attached hydrogen (secondary N) is 1. The van der Waals surface area contributed by atoms with Crippen molar-refractivity contribution >= 4 is 11.6 Å². The standard InChI is InChI=1S/C29H31N5O2/c1-21-6-5-8-25(20-21)34-18-16-33(17-19-34)15-14-30-27(35)23-10-12-24(13-11-23)28-31-32-29(36-28)26-9-4-3-7-22(26)2/h3-13,20H,14-19H2,1-2H3,(H,30,35). The monoisotopic (exact) mass is 481 g/mol. The number of nitrogens with zero attached hydrogens (tertiary/aromatic N) is 4. The number of aryl methyl sites for hydroxylation is 2. The lowest BCUT2D eigenvalue weighted by Crippen LogP contribution is -2.48. The van der Waals surface area contributed by atoms with Crippen molar-refractivity contribution in [1.82, 2.24) is 20.4 Å². The number of hydrogen-bond donors (Lipinski definition) is 1. The van der Waals surface area contributed by atoms with Crippen LogP contribution in [0.2, 0.25) is 0 Å². The number of carbonyl (C=O) groups is 1. The predicted molar refractivity (Wildman–Crippen MR) is 142 cm³/mol. The van der Waals surface area contributed by atoms with Crippen LogP contribution in [0.1, 0.15) is 21.5 Å². The van der Waals surface area contributed by atoms with E-state index in [4.69, 9.17) is 4.42 Å². The molecule has 7 heteroatoms. The Kier molecular flexibility index (Phi) is 7.09. The molecule has 1 N–H and O–H groups in total. The highest BCUT2D eigenvalue weighted by Crippen LogP contribution is 2.26. The number of benzene rings is 3. The van der Waals surface area contributed by atoms with E-state index < -0.39 is 0 Å². The Hall–Kier alpha value is -3.97. The Bertz CT molecular complexity index is 1320. The molecule has 0 saturated carbocycles. The molecule has 3 aromatic carbocycles. The van der Waals surface area contributed by atoms with Crippen LogP contribution in [0, 0.1) is 13.8 Å². The van der Waals surface area contributed by atoms with Crippen LogP contribution in [-0.4, -0.2) is 60.3 Å². The van der Waals surface area contributed by atoms with Gasteiger partial charge in [0.05, 0.1) is 0 Å². The van der Waals surface area contributed by atoms with E-state index in [0.29, 0.717) is 23.9 Å². The minimum Gasteiger partial charge on any atom is -0.416 e. The highest BCUT2D eigenvalue weighted by atomic mass is 16.4. The maximum absolute atomic E-state index is 12.6. The Morgan fingerprint density at radius 1 is 0.889 bits per heavy atom. The molecule has 1 aromatic heterocycles. The van der Waals surface area contributed by atoms with Crippen molar-refractivity contribution in [2.45, 2.75) is 13.8 Å². The maximum Gasteiger partial charge on any atom is 0.251 e. The van der Waals surface area contributed by atoms with E-state index in [-0.39, 0.29) is 5.91 Å².